The van der Waals surface area contributed by atoms with Crippen molar-refractivity contribution in [2.75, 3.05) is 11.9 Å². The van der Waals surface area contributed by atoms with Crippen molar-refractivity contribution in [2.24, 2.45) is 0 Å². The Kier molecular flexibility index (Phi) is 7.33. The number of benzene rings is 2. The van der Waals surface area contributed by atoms with Crippen molar-refractivity contribution in [1.29, 1.82) is 0 Å². The number of hydrogen-bond acceptors (Lipinski definition) is 4. The fourth-order valence-electron chi connectivity index (χ4n) is 3.73. The summed E-state index contributed by atoms with van der Waals surface area (Å²) in [6.45, 7) is 3.61. The lowest BCUT2D eigenvalue weighted by Crippen LogP contribution is -2.47. The van der Waals surface area contributed by atoms with Gasteiger partial charge in [0.25, 0.3) is 5.91 Å². The minimum atomic E-state index is -0.896. The highest BCUT2D eigenvalue weighted by Gasteiger charge is 2.50. The quantitative estimate of drug-likeness (QED) is 0.483. The maximum Gasteiger partial charge on any atom is 0.325 e. The third-order valence-corrected chi connectivity index (χ3v) is 5.62. The summed E-state index contributed by atoms with van der Waals surface area (Å²) < 4.78 is 6.72. The molecular weight excluding hydrogens is 462 g/mol. The van der Waals surface area contributed by atoms with Crippen LogP contribution in [0.2, 0.25) is 0 Å². The molecule has 164 valence electrons. The molecule has 1 heterocycles. The smallest absolute Gasteiger partial charge is 0.325 e. The van der Waals surface area contributed by atoms with Crippen LogP contribution in [0.25, 0.3) is 0 Å². The van der Waals surface area contributed by atoms with Crippen LogP contribution in [0.15, 0.2) is 53.0 Å². The van der Waals surface area contributed by atoms with Gasteiger partial charge in [-0.05, 0) is 61.4 Å². The predicted molar refractivity (Wildman–Crippen MR) is 122 cm³/mol. The number of halogens is 1. The number of imide groups is 1. The SMILES string of the molecule is CCCC1(CCC)NC(=O)N(CC(=O)Nc2ccc(Oc3ccc(Br)cc3)cc2)C1=O. The van der Waals surface area contributed by atoms with Crippen molar-refractivity contribution < 1.29 is 19.1 Å². The molecule has 0 aliphatic carbocycles. The van der Waals surface area contributed by atoms with Gasteiger partial charge in [0.15, 0.2) is 0 Å². The Hall–Kier alpha value is -2.87. The molecule has 1 saturated heterocycles. The molecule has 0 bridgehead atoms. The van der Waals surface area contributed by atoms with Crippen LogP contribution >= 0.6 is 15.9 Å². The van der Waals surface area contributed by atoms with E-state index in [0.717, 1.165) is 22.2 Å². The summed E-state index contributed by atoms with van der Waals surface area (Å²) in [7, 11) is 0. The van der Waals surface area contributed by atoms with E-state index < -0.39 is 17.5 Å². The fourth-order valence-corrected chi connectivity index (χ4v) is 3.99. The van der Waals surface area contributed by atoms with Gasteiger partial charge in [0, 0.05) is 10.2 Å². The van der Waals surface area contributed by atoms with Gasteiger partial charge < -0.3 is 15.4 Å². The van der Waals surface area contributed by atoms with E-state index in [9.17, 15) is 14.4 Å². The molecule has 3 rings (SSSR count). The molecule has 1 fully saturated rings. The van der Waals surface area contributed by atoms with Gasteiger partial charge in [0.2, 0.25) is 5.91 Å². The van der Waals surface area contributed by atoms with Crippen molar-refractivity contribution in [3.05, 3.63) is 53.0 Å². The normalized spacial score (nSPS) is 15.0. The van der Waals surface area contributed by atoms with E-state index >= 15 is 0 Å². The van der Waals surface area contributed by atoms with E-state index in [2.05, 4.69) is 26.6 Å². The lowest BCUT2D eigenvalue weighted by atomic mass is 9.88. The van der Waals surface area contributed by atoms with E-state index in [1.807, 2.05) is 38.1 Å². The Morgan fingerprint density at radius 2 is 1.55 bits per heavy atom. The first kappa shape index (κ1) is 22.8. The molecule has 1 aliphatic rings. The molecule has 7 nitrogen and oxygen atoms in total. The highest BCUT2D eigenvalue weighted by molar-refractivity contribution is 9.10. The summed E-state index contributed by atoms with van der Waals surface area (Å²) in [5.41, 5.74) is -0.346. The second-order valence-corrected chi connectivity index (χ2v) is 8.45. The number of nitrogens with zero attached hydrogens (tertiary/aromatic N) is 1. The zero-order valence-corrected chi connectivity index (χ0v) is 19.2. The average Bonchev–Trinajstić information content (AvgIpc) is 2.96. The highest BCUT2D eigenvalue weighted by Crippen LogP contribution is 2.28. The van der Waals surface area contributed by atoms with Gasteiger partial charge >= 0.3 is 6.03 Å². The number of amides is 4. The molecule has 8 heteroatoms. The number of carbonyl (C=O) groups is 3. The number of anilines is 1. The Balaban J connectivity index is 1.59. The largest absolute Gasteiger partial charge is 0.457 e. The molecule has 0 saturated carbocycles. The molecule has 0 atom stereocenters. The monoisotopic (exact) mass is 487 g/mol. The maximum absolute atomic E-state index is 12.9. The zero-order valence-electron chi connectivity index (χ0n) is 17.6. The van der Waals surface area contributed by atoms with E-state index in [-0.39, 0.29) is 12.5 Å². The number of ether oxygens (including phenoxy) is 1. The molecule has 0 aromatic heterocycles. The molecule has 2 aromatic carbocycles. The van der Waals surface area contributed by atoms with Gasteiger partial charge in [0.05, 0.1) is 0 Å². The van der Waals surface area contributed by atoms with E-state index in [1.165, 1.54) is 0 Å². The van der Waals surface area contributed by atoms with Gasteiger partial charge in [-0.2, -0.15) is 0 Å². The number of urea groups is 1. The summed E-state index contributed by atoms with van der Waals surface area (Å²) in [6.07, 6.45) is 2.65. The van der Waals surface area contributed by atoms with Crippen LogP contribution in [0.4, 0.5) is 10.5 Å². The highest BCUT2D eigenvalue weighted by atomic mass is 79.9. The van der Waals surface area contributed by atoms with Gasteiger partial charge in [-0.15, -0.1) is 0 Å². The van der Waals surface area contributed by atoms with Crippen molar-refractivity contribution in [3.8, 4) is 11.5 Å². The van der Waals surface area contributed by atoms with Crippen LogP contribution in [0.3, 0.4) is 0 Å². The Bertz CT molecular complexity index is 938. The minimum Gasteiger partial charge on any atom is -0.457 e. The van der Waals surface area contributed by atoms with Crippen LogP contribution in [0, 0.1) is 0 Å². The zero-order chi connectivity index (χ0) is 22.4. The van der Waals surface area contributed by atoms with Crippen molar-refractivity contribution >= 4 is 39.5 Å². The van der Waals surface area contributed by atoms with Crippen LogP contribution in [-0.4, -0.2) is 34.8 Å². The van der Waals surface area contributed by atoms with Crippen molar-refractivity contribution in [1.82, 2.24) is 10.2 Å². The third-order valence-electron chi connectivity index (χ3n) is 5.09. The average molecular weight is 488 g/mol. The van der Waals surface area contributed by atoms with Crippen LogP contribution < -0.4 is 15.4 Å². The van der Waals surface area contributed by atoms with Gasteiger partial charge in [-0.1, -0.05) is 42.6 Å². The molecule has 2 N–H and O–H groups in total. The Labute approximate surface area is 190 Å². The Morgan fingerprint density at radius 1 is 1.00 bits per heavy atom. The number of carbonyl (C=O) groups excluding carboxylic acids is 3. The van der Waals surface area contributed by atoms with Gasteiger partial charge in [0.1, 0.15) is 23.6 Å². The summed E-state index contributed by atoms with van der Waals surface area (Å²) in [6, 6.07) is 13.8. The molecule has 0 spiro atoms. The molecule has 2 aromatic rings. The summed E-state index contributed by atoms with van der Waals surface area (Å²) >= 11 is 3.38. The summed E-state index contributed by atoms with van der Waals surface area (Å²) in [5, 5.41) is 5.54. The maximum atomic E-state index is 12.9. The molecule has 1 aliphatic heterocycles. The van der Waals surface area contributed by atoms with Gasteiger partial charge in [-0.3, -0.25) is 14.5 Å². The van der Waals surface area contributed by atoms with Gasteiger partial charge in [-0.25, -0.2) is 4.79 Å². The molecule has 31 heavy (non-hydrogen) atoms. The number of hydrogen-bond donors (Lipinski definition) is 2. The fraction of sp³-hybridized carbons (Fsp3) is 0.348. The molecular formula is C23H26BrN3O4. The second-order valence-electron chi connectivity index (χ2n) is 7.53. The molecule has 0 unspecified atom stereocenters. The lowest BCUT2D eigenvalue weighted by molar-refractivity contribution is -0.134. The standard InChI is InChI=1S/C23H26BrN3O4/c1-3-13-23(14-4-2)21(29)27(22(30)26-23)15-20(28)25-17-7-11-19(12-8-17)31-18-9-5-16(24)6-10-18/h5-12H,3-4,13-15H2,1-2H3,(H,25,28)(H,26,30). The van der Waals surface area contributed by atoms with Crippen molar-refractivity contribution in [2.45, 2.75) is 45.1 Å². The Morgan fingerprint density at radius 3 is 2.10 bits per heavy atom. The van der Waals surface area contributed by atoms with E-state index in [1.54, 1.807) is 24.3 Å². The van der Waals surface area contributed by atoms with E-state index in [4.69, 9.17) is 4.74 Å². The number of nitrogens with one attached hydrogen (secondary N) is 2. The first-order valence-electron chi connectivity index (χ1n) is 10.3. The van der Waals surface area contributed by atoms with Crippen LogP contribution in [0.5, 0.6) is 11.5 Å². The minimum absolute atomic E-state index is 0.322. The van der Waals surface area contributed by atoms with E-state index in [0.29, 0.717) is 30.0 Å². The summed E-state index contributed by atoms with van der Waals surface area (Å²) in [4.78, 5) is 38.7. The third kappa shape index (κ3) is 5.44. The van der Waals surface area contributed by atoms with Crippen LogP contribution in [0.1, 0.15) is 39.5 Å². The first-order valence-corrected chi connectivity index (χ1v) is 11.1. The summed E-state index contributed by atoms with van der Waals surface area (Å²) in [5.74, 6) is 0.558. The van der Waals surface area contributed by atoms with Crippen LogP contribution in [-0.2, 0) is 9.59 Å². The number of rotatable bonds is 9. The van der Waals surface area contributed by atoms with Crippen molar-refractivity contribution in [3.63, 3.8) is 0 Å². The topological polar surface area (TPSA) is 87.7 Å². The molecule has 4 amide bonds. The predicted octanol–water partition coefficient (Wildman–Crippen LogP) is 5.07. The lowest BCUT2D eigenvalue weighted by Gasteiger charge is -2.25. The molecule has 0 radical (unpaired) electrons. The second kappa shape index (κ2) is 9.96. The first-order chi connectivity index (χ1) is 14.9.